The van der Waals surface area contributed by atoms with Gasteiger partial charge in [-0.25, -0.2) is 0 Å². The molecule has 2 fully saturated rings. The number of rotatable bonds is 4. The van der Waals surface area contributed by atoms with Crippen molar-refractivity contribution in [3.8, 4) is 0 Å². The number of hydrogen-bond acceptors (Lipinski definition) is 4. The molecule has 2 rings (SSSR count). The molecule has 0 bridgehead atoms. The highest BCUT2D eigenvalue weighted by atomic mass is 16.5. The van der Waals surface area contributed by atoms with Gasteiger partial charge in [-0.15, -0.1) is 0 Å². The van der Waals surface area contributed by atoms with Crippen LogP contribution in [0.25, 0.3) is 0 Å². The molecule has 0 aromatic carbocycles. The van der Waals surface area contributed by atoms with E-state index in [1.54, 1.807) is 0 Å². The first kappa shape index (κ1) is 13.3. The van der Waals surface area contributed by atoms with E-state index >= 15 is 0 Å². The standard InChI is InChI=1S/C13H26N2O2/c1-14-13-4-7-17-10-12(13)8-15-5-2-11(9-16)3-6-15/h11-14,16H,2-10H2,1H3. The fourth-order valence-corrected chi connectivity index (χ4v) is 3.04. The molecule has 0 saturated carbocycles. The van der Waals surface area contributed by atoms with Crippen molar-refractivity contribution in [3.63, 3.8) is 0 Å². The summed E-state index contributed by atoms with van der Waals surface area (Å²) in [6.07, 6.45) is 3.43. The molecule has 100 valence electrons. The number of aliphatic hydroxyl groups excluding tert-OH is 1. The lowest BCUT2D eigenvalue weighted by molar-refractivity contribution is 0.0116. The number of nitrogens with one attached hydrogen (secondary N) is 1. The zero-order chi connectivity index (χ0) is 12.1. The van der Waals surface area contributed by atoms with Crippen molar-refractivity contribution in [1.82, 2.24) is 10.2 Å². The Balaban J connectivity index is 1.76. The van der Waals surface area contributed by atoms with Crippen molar-refractivity contribution < 1.29 is 9.84 Å². The SMILES string of the molecule is CNC1CCOCC1CN1CCC(CO)CC1. The van der Waals surface area contributed by atoms with Gasteiger partial charge >= 0.3 is 0 Å². The van der Waals surface area contributed by atoms with Crippen LogP contribution in [0.1, 0.15) is 19.3 Å². The molecule has 2 heterocycles. The number of ether oxygens (including phenoxy) is 1. The molecule has 2 aliphatic heterocycles. The van der Waals surface area contributed by atoms with Crippen LogP contribution in [0.4, 0.5) is 0 Å². The van der Waals surface area contributed by atoms with Crippen LogP contribution >= 0.6 is 0 Å². The Morgan fingerprint density at radius 1 is 1.29 bits per heavy atom. The molecular weight excluding hydrogens is 216 g/mol. The Morgan fingerprint density at radius 2 is 2.06 bits per heavy atom. The quantitative estimate of drug-likeness (QED) is 0.745. The summed E-state index contributed by atoms with van der Waals surface area (Å²) in [7, 11) is 2.06. The van der Waals surface area contributed by atoms with Crippen LogP contribution in [0.5, 0.6) is 0 Å². The van der Waals surface area contributed by atoms with Gasteiger partial charge in [0.15, 0.2) is 0 Å². The molecule has 4 heteroatoms. The van der Waals surface area contributed by atoms with Crippen molar-refractivity contribution >= 4 is 0 Å². The molecule has 2 N–H and O–H groups in total. The van der Waals surface area contributed by atoms with Gasteiger partial charge in [-0.3, -0.25) is 0 Å². The Hall–Kier alpha value is -0.160. The number of likely N-dealkylation sites (tertiary alicyclic amines) is 1. The monoisotopic (exact) mass is 242 g/mol. The molecule has 0 amide bonds. The molecule has 0 spiro atoms. The molecule has 2 aliphatic rings. The van der Waals surface area contributed by atoms with Gasteiger partial charge in [-0.2, -0.15) is 0 Å². The van der Waals surface area contributed by atoms with Gasteiger partial charge in [0.25, 0.3) is 0 Å². The third-order valence-electron chi connectivity index (χ3n) is 4.30. The minimum Gasteiger partial charge on any atom is -0.396 e. The molecule has 2 unspecified atom stereocenters. The molecule has 0 aliphatic carbocycles. The molecular formula is C13H26N2O2. The fourth-order valence-electron chi connectivity index (χ4n) is 3.04. The van der Waals surface area contributed by atoms with Gasteiger partial charge in [-0.1, -0.05) is 0 Å². The van der Waals surface area contributed by atoms with Gasteiger partial charge in [0.05, 0.1) is 6.61 Å². The summed E-state index contributed by atoms with van der Waals surface area (Å²) in [6, 6.07) is 0.610. The predicted octanol–water partition coefficient (Wildman–Crippen LogP) is 0.315. The van der Waals surface area contributed by atoms with Crippen LogP contribution in [0, 0.1) is 11.8 Å². The van der Waals surface area contributed by atoms with E-state index in [2.05, 4.69) is 17.3 Å². The smallest absolute Gasteiger partial charge is 0.0521 e. The number of nitrogens with zero attached hydrogens (tertiary/aromatic N) is 1. The van der Waals surface area contributed by atoms with Crippen molar-refractivity contribution in [1.29, 1.82) is 0 Å². The first-order valence-electron chi connectivity index (χ1n) is 6.91. The lowest BCUT2D eigenvalue weighted by Crippen LogP contribution is -2.48. The average molecular weight is 242 g/mol. The summed E-state index contributed by atoms with van der Waals surface area (Å²) in [4.78, 5) is 2.54. The van der Waals surface area contributed by atoms with E-state index in [-0.39, 0.29) is 0 Å². The molecule has 0 aromatic heterocycles. The predicted molar refractivity (Wildman–Crippen MR) is 68.0 cm³/mol. The van der Waals surface area contributed by atoms with Crippen LogP contribution < -0.4 is 5.32 Å². The van der Waals surface area contributed by atoms with E-state index in [1.165, 1.54) is 0 Å². The third kappa shape index (κ3) is 3.65. The first-order chi connectivity index (χ1) is 8.33. The van der Waals surface area contributed by atoms with Gasteiger partial charge in [0.1, 0.15) is 0 Å². The normalized spacial score (nSPS) is 32.8. The Kier molecular flexibility index (Phi) is 5.22. The lowest BCUT2D eigenvalue weighted by atomic mass is 9.92. The molecule has 4 nitrogen and oxygen atoms in total. The molecule has 0 radical (unpaired) electrons. The average Bonchev–Trinajstić information content (AvgIpc) is 2.40. The second-order valence-corrected chi connectivity index (χ2v) is 5.45. The summed E-state index contributed by atoms with van der Waals surface area (Å²) < 4.78 is 5.59. The van der Waals surface area contributed by atoms with E-state index in [0.717, 1.165) is 52.1 Å². The zero-order valence-corrected chi connectivity index (χ0v) is 10.9. The maximum absolute atomic E-state index is 9.13. The summed E-state index contributed by atoms with van der Waals surface area (Å²) in [5, 5.41) is 12.5. The van der Waals surface area contributed by atoms with Crippen molar-refractivity contribution in [2.45, 2.75) is 25.3 Å². The lowest BCUT2D eigenvalue weighted by Gasteiger charge is -2.38. The van der Waals surface area contributed by atoms with Gasteiger partial charge in [0, 0.05) is 31.7 Å². The summed E-state index contributed by atoms with van der Waals surface area (Å²) in [5.74, 6) is 1.16. The number of piperidine rings is 1. The van der Waals surface area contributed by atoms with Crippen LogP contribution in [0.2, 0.25) is 0 Å². The summed E-state index contributed by atoms with van der Waals surface area (Å²) in [5.41, 5.74) is 0. The van der Waals surface area contributed by atoms with Crippen molar-refractivity contribution in [2.24, 2.45) is 11.8 Å². The highest BCUT2D eigenvalue weighted by Gasteiger charge is 2.28. The van der Waals surface area contributed by atoms with E-state index in [4.69, 9.17) is 9.84 Å². The Morgan fingerprint density at radius 3 is 2.71 bits per heavy atom. The number of hydrogen-bond donors (Lipinski definition) is 2. The van der Waals surface area contributed by atoms with Gasteiger partial charge in [0.2, 0.25) is 0 Å². The maximum atomic E-state index is 9.13. The third-order valence-corrected chi connectivity index (χ3v) is 4.30. The Bertz CT molecular complexity index is 217. The summed E-state index contributed by atoms with van der Waals surface area (Å²) in [6.45, 7) is 5.57. The molecule has 17 heavy (non-hydrogen) atoms. The van der Waals surface area contributed by atoms with Crippen LogP contribution in [0.3, 0.4) is 0 Å². The molecule has 0 aromatic rings. The molecule has 2 atom stereocenters. The van der Waals surface area contributed by atoms with E-state index in [9.17, 15) is 0 Å². The summed E-state index contributed by atoms with van der Waals surface area (Å²) >= 11 is 0. The van der Waals surface area contributed by atoms with E-state index in [0.29, 0.717) is 24.5 Å². The molecule has 2 saturated heterocycles. The second-order valence-electron chi connectivity index (χ2n) is 5.45. The second kappa shape index (κ2) is 6.69. The maximum Gasteiger partial charge on any atom is 0.0521 e. The van der Waals surface area contributed by atoms with E-state index < -0.39 is 0 Å². The fraction of sp³-hybridized carbons (Fsp3) is 1.00. The highest BCUT2D eigenvalue weighted by Crippen LogP contribution is 2.21. The topological polar surface area (TPSA) is 44.7 Å². The zero-order valence-electron chi connectivity index (χ0n) is 10.9. The largest absolute Gasteiger partial charge is 0.396 e. The Labute approximate surface area is 104 Å². The highest BCUT2D eigenvalue weighted by molar-refractivity contribution is 4.82. The van der Waals surface area contributed by atoms with Crippen molar-refractivity contribution in [3.05, 3.63) is 0 Å². The minimum atomic E-state index is 0.361. The number of aliphatic hydroxyl groups is 1. The first-order valence-corrected chi connectivity index (χ1v) is 6.91. The van der Waals surface area contributed by atoms with Crippen molar-refractivity contribution in [2.75, 3.05) is 46.5 Å². The van der Waals surface area contributed by atoms with Gasteiger partial charge in [-0.05, 0) is 45.3 Å². The van der Waals surface area contributed by atoms with E-state index in [1.807, 2.05) is 0 Å². The van der Waals surface area contributed by atoms with Gasteiger partial charge < -0.3 is 20.1 Å². The van der Waals surface area contributed by atoms with Crippen LogP contribution in [0.15, 0.2) is 0 Å². The van der Waals surface area contributed by atoms with Crippen LogP contribution in [-0.4, -0.2) is 62.6 Å². The van der Waals surface area contributed by atoms with Crippen LogP contribution in [-0.2, 0) is 4.74 Å². The minimum absolute atomic E-state index is 0.361.